The van der Waals surface area contributed by atoms with Gasteiger partial charge in [0.15, 0.2) is 0 Å². The van der Waals surface area contributed by atoms with Crippen molar-refractivity contribution in [2.75, 3.05) is 11.1 Å². The van der Waals surface area contributed by atoms with E-state index >= 15 is 0 Å². The zero-order valence-electron chi connectivity index (χ0n) is 14.6. The lowest BCUT2D eigenvalue weighted by atomic mass is 10.1. The number of hydrogen-bond donors (Lipinski definition) is 3. The van der Waals surface area contributed by atoms with Crippen molar-refractivity contribution < 1.29 is 13.2 Å². The Kier molecular flexibility index (Phi) is 5.15. The summed E-state index contributed by atoms with van der Waals surface area (Å²) in [6.45, 7) is 6.98. The molecule has 7 nitrogen and oxygen atoms in total. The first-order valence-corrected chi connectivity index (χ1v) is 9.14. The summed E-state index contributed by atoms with van der Waals surface area (Å²) < 4.78 is 27.8. The molecule has 4 N–H and O–H groups in total. The molecule has 0 saturated carbocycles. The van der Waals surface area contributed by atoms with E-state index in [-0.39, 0.29) is 16.3 Å². The molecule has 0 atom stereocenters. The SMILES string of the molecule is Cc1ccc(NC(=O)c2cccnc2N)cc1S(=O)(=O)NC(C)(C)C. The van der Waals surface area contributed by atoms with Crippen molar-refractivity contribution in [3.05, 3.63) is 47.7 Å². The number of nitrogens with one attached hydrogen (secondary N) is 2. The molecule has 8 heteroatoms. The average molecular weight is 362 g/mol. The van der Waals surface area contributed by atoms with Crippen LogP contribution in [-0.2, 0) is 10.0 Å². The molecule has 2 aromatic rings. The number of carbonyl (C=O) groups is 1. The van der Waals surface area contributed by atoms with Crippen molar-refractivity contribution in [3.63, 3.8) is 0 Å². The van der Waals surface area contributed by atoms with E-state index < -0.39 is 21.5 Å². The van der Waals surface area contributed by atoms with Gasteiger partial charge in [0.2, 0.25) is 10.0 Å². The molecule has 0 aliphatic rings. The molecule has 0 bridgehead atoms. The van der Waals surface area contributed by atoms with Gasteiger partial charge in [0.1, 0.15) is 5.82 Å². The number of nitrogen functional groups attached to an aromatic ring is 1. The Hall–Kier alpha value is -2.45. The van der Waals surface area contributed by atoms with Gasteiger partial charge in [0, 0.05) is 17.4 Å². The Balaban J connectivity index is 2.33. The minimum atomic E-state index is -3.72. The molecular weight excluding hydrogens is 340 g/mol. The third-order valence-electron chi connectivity index (χ3n) is 3.26. The number of amides is 1. The van der Waals surface area contributed by atoms with Gasteiger partial charge in [-0.15, -0.1) is 0 Å². The summed E-state index contributed by atoms with van der Waals surface area (Å²) in [6, 6.07) is 7.84. The van der Waals surface area contributed by atoms with Gasteiger partial charge < -0.3 is 11.1 Å². The van der Waals surface area contributed by atoms with E-state index in [1.54, 1.807) is 52.0 Å². The summed E-state index contributed by atoms with van der Waals surface area (Å²) in [6.07, 6.45) is 1.49. The Morgan fingerprint density at radius 3 is 2.48 bits per heavy atom. The van der Waals surface area contributed by atoms with Gasteiger partial charge in [-0.25, -0.2) is 18.1 Å². The highest BCUT2D eigenvalue weighted by atomic mass is 32.2. The molecule has 0 spiro atoms. The highest BCUT2D eigenvalue weighted by Crippen LogP contribution is 2.22. The van der Waals surface area contributed by atoms with Gasteiger partial charge in [0.25, 0.3) is 5.91 Å². The number of aromatic nitrogens is 1. The summed E-state index contributed by atoms with van der Waals surface area (Å²) in [5.41, 5.74) is 6.23. The maximum Gasteiger partial charge on any atom is 0.259 e. The Morgan fingerprint density at radius 2 is 1.88 bits per heavy atom. The van der Waals surface area contributed by atoms with Crippen LogP contribution < -0.4 is 15.8 Å². The largest absolute Gasteiger partial charge is 0.383 e. The zero-order valence-corrected chi connectivity index (χ0v) is 15.4. The van der Waals surface area contributed by atoms with E-state index in [1.165, 1.54) is 12.3 Å². The maximum absolute atomic E-state index is 12.6. The quantitative estimate of drug-likeness (QED) is 0.772. The summed E-state index contributed by atoms with van der Waals surface area (Å²) in [4.78, 5) is 16.3. The van der Waals surface area contributed by atoms with Crippen molar-refractivity contribution in [2.24, 2.45) is 0 Å². The molecule has 0 fully saturated rings. The third kappa shape index (κ3) is 4.77. The molecule has 0 aliphatic heterocycles. The summed E-state index contributed by atoms with van der Waals surface area (Å²) in [7, 11) is -3.72. The van der Waals surface area contributed by atoms with E-state index in [4.69, 9.17) is 5.73 Å². The zero-order chi connectivity index (χ0) is 18.8. The Morgan fingerprint density at radius 1 is 1.20 bits per heavy atom. The number of pyridine rings is 1. The molecule has 134 valence electrons. The number of carbonyl (C=O) groups excluding carboxylic acids is 1. The van der Waals surface area contributed by atoms with Gasteiger partial charge in [-0.2, -0.15) is 0 Å². The second-order valence-electron chi connectivity index (χ2n) is 6.73. The van der Waals surface area contributed by atoms with Crippen LogP contribution in [0.4, 0.5) is 11.5 Å². The van der Waals surface area contributed by atoms with Crippen LogP contribution in [0, 0.1) is 6.92 Å². The van der Waals surface area contributed by atoms with Crippen molar-refractivity contribution >= 4 is 27.4 Å². The second-order valence-corrected chi connectivity index (χ2v) is 8.38. The van der Waals surface area contributed by atoms with Crippen LogP contribution >= 0.6 is 0 Å². The van der Waals surface area contributed by atoms with Crippen LogP contribution in [0.2, 0.25) is 0 Å². The van der Waals surface area contributed by atoms with Crippen molar-refractivity contribution in [3.8, 4) is 0 Å². The van der Waals surface area contributed by atoms with E-state index in [0.717, 1.165) is 0 Å². The first-order valence-electron chi connectivity index (χ1n) is 7.66. The highest BCUT2D eigenvalue weighted by molar-refractivity contribution is 7.89. The predicted octanol–water partition coefficient (Wildman–Crippen LogP) is 2.30. The van der Waals surface area contributed by atoms with Gasteiger partial charge in [-0.1, -0.05) is 6.07 Å². The number of hydrogen-bond acceptors (Lipinski definition) is 5. The number of anilines is 2. The Labute approximate surface area is 147 Å². The molecule has 0 saturated heterocycles. The lowest BCUT2D eigenvalue weighted by Crippen LogP contribution is -2.40. The third-order valence-corrected chi connectivity index (χ3v) is 5.16. The van der Waals surface area contributed by atoms with Gasteiger partial charge in [0.05, 0.1) is 10.5 Å². The minimum absolute atomic E-state index is 0.106. The predicted molar refractivity (Wildman–Crippen MR) is 97.9 cm³/mol. The molecule has 2 rings (SSSR count). The first kappa shape index (κ1) is 18.9. The van der Waals surface area contributed by atoms with Crippen molar-refractivity contribution in [1.82, 2.24) is 9.71 Å². The fourth-order valence-corrected chi connectivity index (χ4v) is 3.92. The molecule has 0 unspecified atom stereocenters. The number of rotatable bonds is 4. The first-order chi connectivity index (χ1) is 11.5. The topological polar surface area (TPSA) is 114 Å². The van der Waals surface area contributed by atoms with E-state index in [0.29, 0.717) is 11.3 Å². The van der Waals surface area contributed by atoms with E-state index in [2.05, 4.69) is 15.0 Å². The number of nitrogens with two attached hydrogens (primary N) is 1. The normalized spacial score (nSPS) is 12.0. The molecule has 1 aromatic carbocycles. The van der Waals surface area contributed by atoms with Crippen molar-refractivity contribution in [1.29, 1.82) is 0 Å². The van der Waals surface area contributed by atoms with Crippen LogP contribution in [0.25, 0.3) is 0 Å². The maximum atomic E-state index is 12.6. The van der Waals surface area contributed by atoms with Gasteiger partial charge in [-0.05, 0) is 57.5 Å². The Bertz CT molecular complexity index is 902. The van der Waals surface area contributed by atoms with Crippen LogP contribution in [0.1, 0.15) is 36.7 Å². The second kappa shape index (κ2) is 6.81. The standard InChI is InChI=1S/C17H22N4O3S/c1-11-7-8-12(10-14(11)25(23,24)21-17(2,3)4)20-16(22)13-6-5-9-19-15(13)18/h5-10,21H,1-4H3,(H2,18,19)(H,20,22). The fraction of sp³-hybridized carbons (Fsp3) is 0.294. The number of benzene rings is 1. The molecule has 0 radical (unpaired) electrons. The van der Waals surface area contributed by atoms with Crippen molar-refractivity contribution in [2.45, 2.75) is 38.1 Å². The lowest BCUT2D eigenvalue weighted by molar-refractivity contribution is 0.102. The number of aryl methyl sites for hydroxylation is 1. The van der Waals surface area contributed by atoms with Gasteiger partial charge >= 0.3 is 0 Å². The van der Waals surface area contributed by atoms with Crippen LogP contribution in [0.15, 0.2) is 41.4 Å². The van der Waals surface area contributed by atoms with E-state index in [1.807, 2.05) is 0 Å². The average Bonchev–Trinajstić information content (AvgIpc) is 2.47. The summed E-state index contributed by atoms with van der Waals surface area (Å²) in [5.74, 6) is -0.351. The fourth-order valence-electron chi connectivity index (χ4n) is 2.23. The molecular formula is C17H22N4O3S. The molecule has 1 aromatic heterocycles. The molecule has 1 amide bonds. The number of sulfonamides is 1. The van der Waals surface area contributed by atoms with Gasteiger partial charge in [-0.3, -0.25) is 4.79 Å². The summed E-state index contributed by atoms with van der Waals surface area (Å²) in [5, 5.41) is 2.65. The van der Waals surface area contributed by atoms with Crippen LogP contribution in [-0.4, -0.2) is 24.8 Å². The minimum Gasteiger partial charge on any atom is -0.383 e. The molecule has 25 heavy (non-hydrogen) atoms. The smallest absolute Gasteiger partial charge is 0.259 e. The molecule has 1 heterocycles. The monoisotopic (exact) mass is 362 g/mol. The lowest BCUT2D eigenvalue weighted by Gasteiger charge is -2.21. The highest BCUT2D eigenvalue weighted by Gasteiger charge is 2.24. The van der Waals surface area contributed by atoms with E-state index in [9.17, 15) is 13.2 Å². The van der Waals surface area contributed by atoms with Crippen LogP contribution in [0.5, 0.6) is 0 Å². The van der Waals surface area contributed by atoms with Crippen LogP contribution in [0.3, 0.4) is 0 Å². The summed E-state index contributed by atoms with van der Waals surface area (Å²) >= 11 is 0. The molecule has 0 aliphatic carbocycles. The number of nitrogens with zero attached hydrogens (tertiary/aromatic N) is 1.